The van der Waals surface area contributed by atoms with E-state index in [9.17, 15) is 0 Å². The van der Waals surface area contributed by atoms with E-state index in [-0.39, 0.29) is 0 Å². The van der Waals surface area contributed by atoms with E-state index < -0.39 is 0 Å². The number of unbranched alkanes of at least 4 members (excludes halogenated alkanes) is 1. The van der Waals surface area contributed by atoms with Gasteiger partial charge in [0.1, 0.15) is 5.75 Å². The molecular formula is C14H21N5O. The summed E-state index contributed by atoms with van der Waals surface area (Å²) in [6, 6.07) is 8.03. The number of nitrogens with zero attached hydrogens (tertiary/aromatic N) is 4. The molecule has 0 bridgehead atoms. The van der Waals surface area contributed by atoms with Crippen molar-refractivity contribution in [2.75, 3.05) is 11.9 Å². The van der Waals surface area contributed by atoms with Gasteiger partial charge in [-0.05, 0) is 41.5 Å². The van der Waals surface area contributed by atoms with E-state index in [1.165, 1.54) is 5.56 Å². The van der Waals surface area contributed by atoms with Gasteiger partial charge in [-0.15, -0.1) is 0 Å². The molecule has 0 saturated carbocycles. The van der Waals surface area contributed by atoms with Gasteiger partial charge in [-0.25, -0.2) is 4.68 Å². The minimum absolute atomic E-state index is 0.684. The number of hydrogen-bond acceptors (Lipinski definition) is 5. The largest absolute Gasteiger partial charge is 0.494 e. The Balaban J connectivity index is 1.89. The molecule has 1 heterocycles. The number of tetrazole rings is 1. The van der Waals surface area contributed by atoms with Crippen LogP contribution in [0.25, 0.3) is 0 Å². The predicted octanol–water partition coefficient (Wildman–Crippen LogP) is 2.48. The van der Waals surface area contributed by atoms with E-state index in [1.807, 2.05) is 31.2 Å². The van der Waals surface area contributed by atoms with Gasteiger partial charge in [0.15, 0.2) is 0 Å². The van der Waals surface area contributed by atoms with Crippen LogP contribution in [0.1, 0.15) is 32.3 Å². The van der Waals surface area contributed by atoms with Gasteiger partial charge in [0.05, 0.1) is 6.61 Å². The van der Waals surface area contributed by atoms with Gasteiger partial charge in [0.25, 0.3) is 0 Å². The van der Waals surface area contributed by atoms with Gasteiger partial charge in [-0.3, -0.25) is 0 Å². The summed E-state index contributed by atoms with van der Waals surface area (Å²) >= 11 is 0. The average molecular weight is 275 g/mol. The van der Waals surface area contributed by atoms with Crippen LogP contribution >= 0.6 is 0 Å². The predicted molar refractivity (Wildman–Crippen MR) is 77.7 cm³/mol. The lowest BCUT2D eigenvalue weighted by atomic mass is 10.2. The number of ether oxygens (including phenoxy) is 1. The zero-order chi connectivity index (χ0) is 14.2. The number of anilines is 1. The van der Waals surface area contributed by atoms with Gasteiger partial charge < -0.3 is 10.1 Å². The van der Waals surface area contributed by atoms with Crippen LogP contribution in [0.3, 0.4) is 0 Å². The van der Waals surface area contributed by atoms with Crippen molar-refractivity contribution >= 4 is 5.95 Å². The second-order valence-electron chi connectivity index (χ2n) is 4.51. The number of benzene rings is 1. The van der Waals surface area contributed by atoms with Crippen LogP contribution in [0.5, 0.6) is 5.75 Å². The topological polar surface area (TPSA) is 64.9 Å². The van der Waals surface area contributed by atoms with Crippen molar-refractivity contribution in [1.82, 2.24) is 20.2 Å². The number of aryl methyl sites for hydroxylation is 1. The molecule has 0 aliphatic rings. The number of hydrogen-bond donors (Lipinski definition) is 1. The van der Waals surface area contributed by atoms with E-state index >= 15 is 0 Å². The first kappa shape index (κ1) is 14.3. The Labute approximate surface area is 119 Å². The number of nitrogens with one attached hydrogen (secondary N) is 1. The minimum atomic E-state index is 0.684. The lowest BCUT2D eigenvalue weighted by molar-refractivity contribution is 0.340. The van der Waals surface area contributed by atoms with E-state index in [1.54, 1.807) is 4.68 Å². The molecule has 6 heteroatoms. The molecule has 0 atom stereocenters. The highest BCUT2D eigenvalue weighted by molar-refractivity contribution is 5.30. The molecule has 0 spiro atoms. The maximum absolute atomic E-state index is 5.42. The van der Waals surface area contributed by atoms with Crippen LogP contribution in [0, 0.1) is 0 Å². The van der Waals surface area contributed by atoms with E-state index in [4.69, 9.17) is 4.74 Å². The summed E-state index contributed by atoms with van der Waals surface area (Å²) in [5.41, 5.74) is 1.17. The molecule has 108 valence electrons. The van der Waals surface area contributed by atoms with Crippen molar-refractivity contribution in [2.45, 2.75) is 39.8 Å². The smallest absolute Gasteiger partial charge is 0.243 e. The standard InChI is InChI=1S/C14H21N5O/c1-3-5-10-19-14(16-17-18-19)15-11-12-6-8-13(9-7-12)20-4-2/h6-9H,3-5,10-11H2,1-2H3,(H,15,16,18). The van der Waals surface area contributed by atoms with Crippen LogP contribution in [0.4, 0.5) is 5.95 Å². The lowest BCUT2D eigenvalue weighted by Crippen LogP contribution is -2.09. The Bertz CT molecular complexity index is 509. The van der Waals surface area contributed by atoms with Gasteiger partial charge in [0.2, 0.25) is 5.95 Å². The monoisotopic (exact) mass is 275 g/mol. The third kappa shape index (κ3) is 3.94. The summed E-state index contributed by atoms with van der Waals surface area (Å²) in [6.45, 7) is 6.35. The summed E-state index contributed by atoms with van der Waals surface area (Å²) in [7, 11) is 0. The van der Waals surface area contributed by atoms with Crippen LogP contribution < -0.4 is 10.1 Å². The molecular weight excluding hydrogens is 254 g/mol. The van der Waals surface area contributed by atoms with E-state index in [0.717, 1.165) is 25.1 Å². The van der Waals surface area contributed by atoms with Crippen molar-refractivity contribution in [3.63, 3.8) is 0 Å². The fraction of sp³-hybridized carbons (Fsp3) is 0.500. The van der Waals surface area contributed by atoms with Crippen LogP contribution in [0.15, 0.2) is 24.3 Å². The van der Waals surface area contributed by atoms with Gasteiger partial charge in [0, 0.05) is 13.1 Å². The lowest BCUT2D eigenvalue weighted by Gasteiger charge is -2.08. The highest BCUT2D eigenvalue weighted by Gasteiger charge is 2.04. The molecule has 0 unspecified atom stereocenters. The third-order valence-electron chi connectivity index (χ3n) is 2.94. The molecule has 1 aromatic heterocycles. The summed E-state index contributed by atoms with van der Waals surface area (Å²) in [4.78, 5) is 0. The summed E-state index contributed by atoms with van der Waals surface area (Å²) < 4.78 is 7.22. The van der Waals surface area contributed by atoms with Crippen molar-refractivity contribution in [1.29, 1.82) is 0 Å². The minimum Gasteiger partial charge on any atom is -0.494 e. The number of rotatable bonds is 8. The van der Waals surface area contributed by atoms with Crippen LogP contribution in [-0.4, -0.2) is 26.8 Å². The van der Waals surface area contributed by atoms with Gasteiger partial charge in [-0.2, -0.15) is 0 Å². The first-order valence-electron chi connectivity index (χ1n) is 7.05. The van der Waals surface area contributed by atoms with Crippen molar-refractivity contribution in [3.05, 3.63) is 29.8 Å². The van der Waals surface area contributed by atoms with Crippen LogP contribution in [-0.2, 0) is 13.1 Å². The second kappa shape index (κ2) is 7.47. The highest BCUT2D eigenvalue weighted by Crippen LogP contribution is 2.13. The average Bonchev–Trinajstić information content (AvgIpc) is 2.92. The molecule has 0 radical (unpaired) electrons. The summed E-state index contributed by atoms with van der Waals surface area (Å²) in [6.07, 6.45) is 2.20. The van der Waals surface area contributed by atoms with Gasteiger partial charge in [-0.1, -0.05) is 30.6 Å². The molecule has 0 aliphatic heterocycles. The third-order valence-corrected chi connectivity index (χ3v) is 2.94. The van der Waals surface area contributed by atoms with Crippen molar-refractivity contribution in [3.8, 4) is 5.75 Å². The molecule has 0 saturated heterocycles. The van der Waals surface area contributed by atoms with Crippen LogP contribution in [0.2, 0.25) is 0 Å². The van der Waals surface area contributed by atoms with E-state index in [0.29, 0.717) is 19.1 Å². The fourth-order valence-corrected chi connectivity index (χ4v) is 1.84. The highest BCUT2D eigenvalue weighted by atomic mass is 16.5. The van der Waals surface area contributed by atoms with Gasteiger partial charge >= 0.3 is 0 Å². The molecule has 1 N–H and O–H groups in total. The normalized spacial score (nSPS) is 10.5. The molecule has 6 nitrogen and oxygen atoms in total. The zero-order valence-electron chi connectivity index (χ0n) is 12.0. The molecule has 2 aromatic rings. The molecule has 0 fully saturated rings. The fourth-order valence-electron chi connectivity index (χ4n) is 1.84. The summed E-state index contributed by atoms with van der Waals surface area (Å²) in [5.74, 6) is 1.61. The molecule has 20 heavy (non-hydrogen) atoms. The second-order valence-corrected chi connectivity index (χ2v) is 4.51. The summed E-state index contributed by atoms with van der Waals surface area (Å²) in [5, 5.41) is 14.9. The maximum atomic E-state index is 5.42. The maximum Gasteiger partial charge on any atom is 0.243 e. The SMILES string of the molecule is CCCCn1nnnc1NCc1ccc(OCC)cc1. The number of aromatic nitrogens is 4. The first-order chi connectivity index (χ1) is 9.83. The zero-order valence-corrected chi connectivity index (χ0v) is 12.0. The first-order valence-corrected chi connectivity index (χ1v) is 7.05. The Kier molecular flexibility index (Phi) is 5.34. The molecule has 2 rings (SSSR count). The molecule has 1 aromatic carbocycles. The van der Waals surface area contributed by atoms with Crippen molar-refractivity contribution < 1.29 is 4.74 Å². The Morgan fingerprint density at radius 2 is 2.00 bits per heavy atom. The Morgan fingerprint density at radius 3 is 2.70 bits per heavy atom. The van der Waals surface area contributed by atoms with E-state index in [2.05, 4.69) is 27.8 Å². The quantitative estimate of drug-likeness (QED) is 0.801. The van der Waals surface area contributed by atoms with Crippen molar-refractivity contribution in [2.24, 2.45) is 0 Å². The molecule has 0 aliphatic carbocycles. The molecule has 0 amide bonds. The Morgan fingerprint density at radius 1 is 1.20 bits per heavy atom. The Hall–Kier alpha value is -2.11.